The minimum atomic E-state index is -0.545. The Labute approximate surface area is 174 Å². The van der Waals surface area contributed by atoms with Crippen molar-refractivity contribution < 1.29 is 9.59 Å². The molecule has 6 nitrogen and oxygen atoms in total. The van der Waals surface area contributed by atoms with Gasteiger partial charge in [-0.25, -0.2) is 0 Å². The Morgan fingerprint density at radius 3 is 2.17 bits per heavy atom. The number of carbonyl (C=O) groups excluding carboxylic acids is 2. The van der Waals surface area contributed by atoms with E-state index in [0.717, 1.165) is 57.4 Å². The molecular weight excluding hydrogens is 364 g/mol. The molecule has 0 saturated carbocycles. The highest BCUT2D eigenvalue weighted by Crippen LogP contribution is 2.19. The first kappa shape index (κ1) is 21.4. The first-order valence-corrected chi connectivity index (χ1v) is 10.9. The molecule has 0 atom stereocenters. The summed E-state index contributed by atoms with van der Waals surface area (Å²) in [4.78, 5) is 28.6. The van der Waals surface area contributed by atoms with Gasteiger partial charge >= 0.3 is 11.8 Å². The zero-order chi connectivity index (χ0) is 20.5. The fourth-order valence-electron chi connectivity index (χ4n) is 3.89. The number of rotatable bonds is 7. The maximum Gasteiger partial charge on any atom is 0.309 e. The molecule has 158 valence electrons. The molecule has 2 amide bonds. The zero-order valence-electron chi connectivity index (χ0n) is 17.6. The van der Waals surface area contributed by atoms with Crippen LogP contribution in [0.4, 0.5) is 5.69 Å². The molecule has 0 radical (unpaired) electrons. The number of nitrogens with one attached hydrogen (secondary N) is 2. The number of benzene rings is 1. The van der Waals surface area contributed by atoms with Gasteiger partial charge in [-0.2, -0.15) is 0 Å². The molecule has 0 spiro atoms. The highest BCUT2D eigenvalue weighted by atomic mass is 16.2. The topological polar surface area (TPSA) is 64.7 Å². The SMILES string of the molecule is CN1CCN(c2ccc(CCNC(=O)C(=O)NCCC3=CCCCC3)cc2)CC1. The van der Waals surface area contributed by atoms with E-state index in [0.29, 0.717) is 13.1 Å². The van der Waals surface area contributed by atoms with Crippen molar-refractivity contribution in [2.45, 2.75) is 38.5 Å². The number of carbonyl (C=O) groups is 2. The van der Waals surface area contributed by atoms with Gasteiger partial charge in [-0.15, -0.1) is 0 Å². The van der Waals surface area contributed by atoms with Crippen molar-refractivity contribution in [3.63, 3.8) is 0 Å². The Hall–Kier alpha value is -2.34. The van der Waals surface area contributed by atoms with Gasteiger partial charge in [0.2, 0.25) is 0 Å². The minimum Gasteiger partial charge on any atom is -0.369 e. The Morgan fingerprint density at radius 1 is 0.897 bits per heavy atom. The van der Waals surface area contributed by atoms with E-state index in [1.54, 1.807) is 0 Å². The summed E-state index contributed by atoms with van der Waals surface area (Å²) >= 11 is 0. The van der Waals surface area contributed by atoms with E-state index in [9.17, 15) is 9.59 Å². The molecule has 1 aliphatic carbocycles. The molecule has 1 heterocycles. The largest absolute Gasteiger partial charge is 0.369 e. The Balaban J connectivity index is 1.33. The van der Waals surface area contributed by atoms with Gasteiger partial charge in [0.15, 0.2) is 0 Å². The van der Waals surface area contributed by atoms with Gasteiger partial charge < -0.3 is 20.4 Å². The minimum absolute atomic E-state index is 0.464. The van der Waals surface area contributed by atoms with Crippen LogP contribution < -0.4 is 15.5 Å². The third-order valence-electron chi connectivity index (χ3n) is 5.83. The van der Waals surface area contributed by atoms with Gasteiger partial charge in [-0.05, 0) is 63.3 Å². The molecule has 1 aromatic rings. The summed E-state index contributed by atoms with van der Waals surface area (Å²) in [7, 11) is 2.16. The lowest BCUT2D eigenvalue weighted by Crippen LogP contribution is -2.44. The quantitative estimate of drug-likeness (QED) is 0.545. The first-order valence-electron chi connectivity index (χ1n) is 10.9. The molecule has 1 saturated heterocycles. The molecule has 0 unspecified atom stereocenters. The highest BCUT2D eigenvalue weighted by Gasteiger charge is 2.15. The van der Waals surface area contributed by atoms with Crippen LogP contribution in [-0.2, 0) is 16.0 Å². The maximum atomic E-state index is 12.0. The molecule has 2 N–H and O–H groups in total. The normalized spacial score (nSPS) is 17.6. The number of hydrogen-bond acceptors (Lipinski definition) is 4. The Morgan fingerprint density at radius 2 is 1.55 bits per heavy atom. The van der Waals surface area contributed by atoms with Crippen molar-refractivity contribution in [1.29, 1.82) is 0 Å². The van der Waals surface area contributed by atoms with Crippen LogP contribution in [0, 0.1) is 0 Å². The number of amides is 2. The van der Waals surface area contributed by atoms with Crippen molar-refractivity contribution >= 4 is 17.5 Å². The van der Waals surface area contributed by atoms with Gasteiger partial charge in [0.25, 0.3) is 0 Å². The zero-order valence-corrected chi connectivity index (χ0v) is 17.6. The van der Waals surface area contributed by atoms with Crippen LogP contribution in [0.25, 0.3) is 0 Å². The fraction of sp³-hybridized carbons (Fsp3) is 0.565. The fourth-order valence-corrected chi connectivity index (χ4v) is 3.89. The molecule has 0 aromatic heterocycles. The average molecular weight is 399 g/mol. The lowest BCUT2D eigenvalue weighted by atomic mass is 9.97. The summed E-state index contributed by atoms with van der Waals surface area (Å²) in [5.74, 6) is -1.08. The summed E-state index contributed by atoms with van der Waals surface area (Å²) in [6.07, 6.45) is 8.58. The molecule has 6 heteroatoms. The Kier molecular flexibility index (Phi) is 8.11. The number of piperazine rings is 1. The molecule has 3 rings (SSSR count). The molecule has 1 fully saturated rings. The number of hydrogen-bond donors (Lipinski definition) is 2. The van der Waals surface area contributed by atoms with Gasteiger partial charge in [0.1, 0.15) is 0 Å². The molecule has 0 bridgehead atoms. The number of anilines is 1. The second kappa shape index (κ2) is 11.0. The summed E-state index contributed by atoms with van der Waals surface area (Å²) in [6.45, 7) is 5.29. The van der Waals surface area contributed by atoms with E-state index >= 15 is 0 Å². The average Bonchev–Trinajstić information content (AvgIpc) is 2.75. The summed E-state index contributed by atoms with van der Waals surface area (Å²) in [5.41, 5.74) is 3.81. The number of nitrogens with zero attached hydrogens (tertiary/aromatic N) is 2. The van der Waals surface area contributed by atoms with Crippen LogP contribution in [0.1, 0.15) is 37.7 Å². The van der Waals surface area contributed by atoms with Crippen molar-refractivity contribution in [2.75, 3.05) is 51.2 Å². The predicted molar refractivity (Wildman–Crippen MR) is 117 cm³/mol. The molecule has 2 aliphatic rings. The lowest BCUT2D eigenvalue weighted by molar-refractivity contribution is -0.139. The third kappa shape index (κ3) is 6.89. The lowest BCUT2D eigenvalue weighted by Gasteiger charge is -2.34. The van der Waals surface area contributed by atoms with Crippen molar-refractivity contribution in [2.24, 2.45) is 0 Å². The second-order valence-corrected chi connectivity index (χ2v) is 8.08. The van der Waals surface area contributed by atoms with Gasteiger partial charge in [0.05, 0.1) is 0 Å². The van der Waals surface area contributed by atoms with Crippen LogP contribution in [-0.4, -0.2) is 63.0 Å². The standard InChI is InChI=1S/C23H34N4O2/c1-26-15-17-27(18-16-26)21-9-7-20(8-10-21)12-14-25-23(29)22(28)24-13-11-19-5-3-2-4-6-19/h5,7-10H,2-4,6,11-18H2,1H3,(H,24,28)(H,25,29). The van der Waals surface area contributed by atoms with Crippen LogP contribution in [0.15, 0.2) is 35.9 Å². The molecule has 29 heavy (non-hydrogen) atoms. The third-order valence-corrected chi connectivity index (χ3v) is 5.83. The second-order valence-electron chi connectivity index (χ2n) is 8.08. The summed E-state index contributed by atoms with van der Waals surface area (Å²) in [6, 6.07) is 8.51. The Bertz CT molecular complexity index is 706. The molecule has 1 aromatic carbocycles. The highest BCUT2D eigenvalue weighted by molar-refractivity contribution is 6.35. The number of likely N-dealkylation sites (N-methyl/N-ethyl adjacent to an activating group) is 1. The van der Waals surface area contributed by atoms with E-state index < -0.39 is 11.8 Å². The van der Waals surface area contributed by atoms with Crippen molar-refractivity contribution in [3.8, 4) is 0 Å². The van der Waals surface area contributed by atoms with E-state index in [1.807, 2.05) is 0 Å². The van der Waals surface area contributed by atoms with Crippen LogP contribution in [0.2, 0.25) is 0 Å². The molecular formula is C23H34N4O2. The maximum absolute atomic E-state index is 12.0. The van der Waals surface area contributed by atoms with Crippen LogP contribution >= 0.6 is 0 Å². The monoisotopic (exact) mass is 398 g/mol. The van der Waals surface area contributed by atoms with E-state index in [1.165, 1.54) is 24.1 Å². The summed E-state index contributed by atoms with van der Waals surface area (Å²) < 4.78 is 0. The molecule has 1 aliphatic heterocycles. The van der Waals surface area contributed by atoms with Gasteiger partial charge in [-0.1, -0.05) is 23.8 Å². The van der Waals surface area contributed by atoms with E-state index in [4.69, 9.17) is 0 Å². The summed E-state index contributed by atoms with van der Waals surface area (Å²) in [5, 5.41) is 5.45. The van der Waals surface area contributed by atoms with Crippen LogP contribution in [0.3, 0.4) is 0 Å². The first-order chi connectivity index (χ1) is 14.1. The smallest absolute Gasteiger partial charge is 0.309 e. The van der Waals surface area contributed by atoms with E-state index in [2.05, 4.69) is 57.8 Å². The number of allylic oxidation sites excluding steroid dienone is 1. The van der Waals surface area contributed by atoms with Crippen LogP contribution in [0.5, 0.6) is 0 Å². The van der Waals surface area contributed by atoms with Crippen molar-refractivity contribution in [3.05, 3.63) is 41.5 Å². The van der Waals surface area contributed by atoms with Gasteiger partial charge in [0, 0.05) is 45.0 Å². The van der Waals surface area contributed by atoms with Crippen molar-refractivity contribution in [1.82, 2.24) is 15.5 Å². The van der Waals surface area contributed by atoms with E-state index in [-0.39, 0.29) is 0 Å². The van der Waals surface area contributed by atoms with Gasteiger partial charge in [-0.3, -0.25) is 9.59 Å². The predicted octanol–water partition coefficient (Wildman–Crippen LogP) is 2.10.